The molecule has 1 heterocycles. The van der Waals surface area contributed by atoms with Crippen LogP contribution in [-0.2, 0) is 6.42 Å². The molecule has 6 heteroatoms. The van der Waals surface area contributed by atoms with Crippen LogP contribution in [0.15, 0.2) is 22.5 Å². The van der Waals surface area contributed by atoms with E-state index in [1.54, 1.807) is 11.3 Å². The van der Waals surface area contributed by atoms with E-state index < -0.39 is 0 Å². The van der Waals surface area contributed by atoms with Crippen molar-refractivity contribution in [1.29, 1.82) is 0 Å². The maximum Gasteiger partial charge on any atom is 0.191 e. The van der Waals surface area contributed by atoms with Crippen LogP contribution in [0.5, 0.6) is 0 Å². The summed E-state index contributed by atoms with van der Waals surface area (Å²) in [7, 11) is 3.99. The van der Waals surface area contributed by atoms with E-state index in [0.29, 0.717) is 0 Å². The second-order valence-corrected chi connectivity index (χ2v) is 5.94. The number of nitrogens with zero attached hydrogens (tertiary/aromatic N) is 2. The second kappa shape index (κ2) is 13.3. The first-order valence-electron chi connectivity index (χ1n) is 7.41. The third-order valence-corrected chi connectivity index (χ3v) is 4.08. The SMILES string of the molecule is CCCCN(C)CCNC(=NC)NCCc1cccs1.I. The summed E-state index contributed by atoms with van der Waals surface area (Å²) in [4.78, 5) is 8.01. The molecule has 0 saturated heterocycles. The maximum atomic E-state index is 4.25. The molecule has 0 atom stereocenters. The van der Waals surface area contributed by atoms with Crippen molar-refractivity contribution in [2.45, 2.75) is 26.2 Å². The lowest BCUT2D eigenvalue weighted by atomic mass is 10.3. The third kappa shape index (κ3) is 10.1. The topological polar surface area (TPSA) is 39.7 Å². The van der Waals surface area contributed by atoms with Gasteiger partial charge in [0.05, 0.1) is 0 Å². The van der Waals surface area contributed by atoms with Gasteiger partial charge in [-0.1, -0.05) is 19.4 Å². The summed E-state index contributed by atoms with van der Waals surface area (Å²) in [5.74, 6) is 0.894. The van der Waals surface area contributed by atoms with E-state index in [4.69, 9.17) is 0 Å². The number of halogens is 1. The molecule has 0 radical (unpaired) electrons. The van der Waals surface area contributed by atoms with Crippen LogP contribution < -0.4 is 10.6 Å². The van der Waals surface area contributed by atoms with Gasteiger partial charge in [-0.05, 0) is 37.9 Å². The van der Waals surface area contributed by atoms with Crippen LogP contribution in [0.4, 0.5) is 0 Å². The number of guanidine groups is 1. The Morgan fingerprint density at radius 3 is 2.67 bits per heavy atom. The van der Waals surface area contributed by atoms with Crippen LogP contribution in [0.2, 0.25) is 0 Å². The number of hydrogen-bond acceptors (Lipinski definition) is 3. The molecule has 0 amide bonds. The van der Waals surface area contributed by atoms with Crippen LogP contribution in [0.3, 0.4) is 0 Å². The van der Waals surface area contributed by atoms with Gasteiger partial charge in [-0.15, -0.1) is 35.3 Å². The predicted molar refractivity (Wildman–Crippen MR) is 105 cm³/mol. The van der Waals surface area contributed by atoms with E-state index in [9.17, 15) is 0 Å². The quantitative estimate of drug-likeness (QED) is 0.364. The van der Waals surface area contributed by atoms with Crippen LogP contribution >= 0.6 is 35.3 Å². The van der Waals surface area contributed by atoms with Gasteiger partial charge in [0.2, 0.25) is 0 Å². The van der Waals surface area contributed by atoms with Gasteiger partial charge in [0.1, 0.15) is 0 Å². The van der Waals surface area contributed by atoms with E-state index in [2.05, 4.69) is 52.0 Å². The molecule has 0 aliphatic rings. The first-order chi connectivity index (χ1) is 9.76. The Hall–Kier alpha value is -0.340. The molecule has 2 N–H and O–H groups in total. The van der Waals surface area contributed by atoms with Crippen molar-refractivity contribution in [2.75, 3.05) is 40.3 Å². The maximum absolute atomic E-state index is 4.25. The van der Waals surface area contributed by atoms with E-state index in [1.807, 2.05) is 7.05 Å². The van der Waals surface area contributed by atoms with Gasteiger partial charge in [0, 0.05) is 31.6 Å². The lowest BCUT2D eigenvalue weighted by Crippen LogP contribution is -2.41. The van der Waals surface area contributed by atoms with Gasteiger partial charge in [0.15, 0.2) is 5.96 Å². The van der Waals surface area contributed by atoms with Gasteiger partial charge in [-0.25, -0.2) is 0 Å². The van der Waals surface area contributed by atoms with E-state index in [0.717, 1.165) is 32.0 Å². The zero-order valence-corrected chi connectivity index (χ0v) is 16.5. The van der Waals surface area contributed by atoms with Crippen molar-refractivity contribution < 1.29 is 0 Å². The molecule has 0 fully saturated rings. The molecule has 122 valence electrons. The van der Waals surface area contributed by atoms with Gasteiger partial charge in [-0.3, -0.25) is 4.99 Å². The highest BCUT2D eigenvalue weighted by Crippen LogP contribution is 2.07. The van der Waals surface area contributed by atoms with Gasteiger partial charge in [0.25, 0.3) is 0 Å². The minimum absolute atomic E-state index is 0. The zero-order chi connectivity index (χ0) is 14.6. The lowest BCUT2D eigenvalue weighted by molar-refractivity contribution is 0.332. The Labute approximate surface area is 150 Å². The molecule has 0 bridgehead atoms. The second-order valence-electron chi connectivity index (χ2n) is 4.91. The Kier molecular flexibility index (Phi) is 13.1. The summed E-state index contributed by atoms with van der Waals surface area (Å²) in [5, 5.41) is 8.83. The van der Waals surface area contributed by atoms with Gasteiger partial charge < -0.3 is 15.5 Å². The zero-order valence-electron chi connectivity index (χ0n) is 13.4. The van der Waals surface area contributed by atoms with Crippen molar-refractivity contribution in [1.82, 2.24) is 15.5 Å². The van der Waals surface area contributed by atoms with Crippen molar-refractivity contribution >= 4 is 41.3 Å². The molecule has 0 aliphatic carbocycles. The first kappa shape index (κ1) is 20.7. The molecule has 4 nitrogen and oxygen atoms in total. The number of thiophene rings is 1. The summed E-state index contributed by atoms with van der Waals surface area (Å²) < 4.78 is 0. The number of hydrogen-bond donors (Lipinski definition) is 2. The molecule has 1 aromatic rings. The number of rotatable bonds is 9. The number of likely N-dealkylation sites (N-methyl/N-ethyl adjacent to an activating group) is 1. The van der Waals surface area contributed by atoms with E-state index in [1.165, 1.54) is 24.3 Å². The molecule has 0 unspecified atom stereocenters. The molecule has 0 spiro atoms. The fourth-order valence-corrected chi connectivity index (χ4v) is 2.59. The molecule has 21 heavy (non-hydrogen) atoms. The predicted octanol–water partition coefficient (Wildman–Crippen LogP) is 2.81. The normalized spacial score (nSPS) is 11.3. The average Bonchev–Trinajstić information content (AvgIpc) is 2.96. The smallest absolute Gasteiger partial charge is 0.191 e. The molecular formula is C15H29IN4S. The standard InChI is InChI=1S/C15H28N4S.HI/c1-4-5-11-19(3)12-10-18-15(16-2)17-9-8-14-7-6-13-20-14;/h6-7,13H,4-5,8-12H2,1-3H3,(H2,16,17,18);1H. The summed E-state index contributed by atoms with van der Waals surface area (Å²) in [6, 6.07) is 4.27. The Bertz CT molecular complexity index is 368. The molecule has 0 saturated carbocycles. The number of nitrogens with one attached hydrogen (secondary N) is 2. The van der Waals surface area contributed by atoms with Crippen LogP contribution in [-0.4, -0.2) is 51.1 Å². The van der Waals surface area contributed by atoms with Crippen LogP contribution in [0.25, 0.3) is 0 Å². The van der Waals surface area contributed by atoms with Gasteiger partial charge in [-0.2, -0.15) is 0 Å². The van der Waals surface area contributed by atoms with Crippen molar-refractivity contribution in [3.05, 3.63) is 22.4 Å². The van der Waals surface area contributed by atoms with Gasteiger partial charge >= 0.3 is 0 Å². The van der Waals surface area contributed by atoms with Crippen molar-refractivity contribution in [3.8, 4) is 0 Å². The molecule has 0 aliphatic heterocycles. The summed E-state index contributed by atoms with van der Waals surface area (Å²) in [6.45, 7) is 6.30. The minimum atomic E-state index is 0. The van der Waals surface area contributed by atoms with Crippen LogP contribution in [0.1, 0.15) is 24.6 Å². The summed E-state index contributed by atoms with van der Waals surface area (Å²) >= 11 is 1.80. The Morgan fingerprint density at radius 1 is 1.29 bits per heavy atom. The molecular weight excluding hydrogens is 395 g/mol. The fourth-order valence-electron chi connectivity index (χ4n) is 1.88. The summed E-state index contributed by atoms with van der Waals surface area (Å²) in [6.07, 6.45) is 3.57. The minimum Gasteiger partial charge on any atom is -0.356 e. The number of aliphatic imine (C=N–C) groups is 1. The Morgan fingerprint density at radius 2 is 2.05 bits per heavy atom. The first-order valence-corrected chi connectivity index (χ1v) is 8.29. The lowest BCUT2D eigenvalue weighted by Gasteiger charge is -2.17. The average molecular weight is 424 g/mol. The summed E-state index contributed by atoms with van der Waals surface area (Å²) in [5.41, 5.74) is 0. The highest BCUT2D eigenvalue weighted by Gasteiger charge is 2.00. The van der Waals surface area contributed by atoms with E-state index in [-0.39, 0.29) is 24.0 Å². The monoisotopic (exact) mass is 424 g/mol. The highest BCUT2D eigenvalue weighted by atomic mass is 127. The molecule has 1 aromatic heterocycles. The van der Waals surface area contributed by atoms with Crippen LogP contribution in [0, 0.1) is 0 Å². The third-order valence-electron chi connectivity index (χ3n) is 3.15. The molecule has 0 aromatic carbocycles. The Balaban J connectivity index is 0.00000400. The largest absolute Gasteiger partial charge is 0.356 e. The van der Waals surface area contributed by atoms with Crippen molar-refractivity contribution in [2.24, 2.45) is 4.99 Å². The fraction of sp³-hybridized carbons (Fsp3) is 0.667. The van der Waals surface area contributed by atoms with E-state index >= 15 is 0 Å². The number of unbranched alkanes of at least 4 members (excludes halogenated alkanes) is 1. The molecule has 1 rings (SSSR count). The van der Waals surface area contributed by atoms with Crippen molar-refractivity contribution in [3.63, 3.8) is 0 Å². The highest BCUT2D eigenvalue weighted by molar-refractivity contribution is 14.0.